The molecule has 0 saturated heterocycles. The van der Waals surface area contributed by atoms with Gasteiger partial charge in [0.25, 0.3) is 0 Å². The van der Waals surface area contributed by atoms with E-state index >= 15 is 0 Å². The molecule has 128 valence electrons. The van der Waals surface area contributed by atoms with Gasteiger partial charge in [0.2, 0.25) is 0 Å². The van der Waals surface area contributed by atoms with Crippen LogP contribution >= 0.6 is 0 Å². The van der Waals surface area contributed by atoms with Crippen molar-refractivity contribution < 1.29 is 26.5 Å². The average Bonchev–Trinajstić information content (AvgIpc) is 2.28. The van der Waals surface area contributed by atoms with E-state index in [2.05, 4.69) is 55.2 Å². The van der Waals surface area contributed by atoms with E-state index in [1.807, 2.05) is 12.2 Å². The number of rotatable bonds is 6. The fourth-order valence-electron chi connectivity index (χ4n) is 0.957. The number of hydrogen-bond donors (Lipinski definition) is 0. The molecule has 0 radical (unpaired) electrons. The molecule has 0 atom stereocenters. The van der Waals surface area contributed by atoms with Crippen molar-refractivity contribution >= 4 is 10.4 Å². The lowest BCUT2D eigenvalue weighted by Crippen LogP contribution is -2.38. The molecule has 0 aliphatic carbocycles. The molecule has 0 unspecified atom stereocenters. The van der Waals surface area contributed by atoms with Crippen LogP contribution in [0.25, 0.3) is 0 Å². The van der Waals surface area contributed by atoms with Crippen LogP contribution in [-0.4, -0.2) is 80.9 Å². The Morgan fingerprint density at radius 3 is 1.10 bits per heavy atom. The molecule has 0 saturated carbocycles. The van der Waals surface area contributed by atoms with Crippen LogP contribution in [0.3, 0.4) is 0 Å². The van der Waals surface area contributed by atoms with Crippen molar-refractivity contribution in [2.45, 2.75) is 13.8 Å². The second kappa shape index (κ2) is 11.9. The summed E-state index contributed by atoms with van der Waals surface area (Å²) >= 11 is 0. The van der Waals surface area contributed by atoms with Gasteiger partial charge in [0.1, 0.15) is 0 Å². The van der Waals surface area contributed by atoms with Crippen molar-refractivity contribution in [1.29, 1.82) is 0 Å². The van der Waals surface area contributed by atoms with E-state index in [1.54, 1.807) is 0 Å². The van der Waals surface area contributed by atoms with Crippen LogP contribution in [0.15, 0.2) is 25.3 Å². The van der Waals surface area contributed by atoms with E-state index in [0.29, 0.717) is 0 Å². The highest BCUT2D eigenvalue weighted by Gasteiger charge is 2.06. The van der Waals surface area contributed by atoms with E-state index in [-0.39, 0.29) is 0 Å². The summed E-state index contributed by atoms with van der Waals surface area (Å²) in [5.41, 5.74) is 0. The first-order chi connectivity index (χ1) is 9.24. The fourth-order valence-corrected chi connectivity index (χ4v) is 0.957. The smallest absolute Gasteiger partial charge is 0.0966 e. The molecule has 0 N–H and O–H groups in total. The highest BCUT2D eigenvalue weighted by Crippen LogP contribution is 1.94. The van der Waals surface area contributed by atoms with Gasteiger partial charge in [-0.1, -0.05) is 13.2 Å². The largest absolute Gasteiger partial charge is 0.759 e. The molecule has 7 heteroatoms. The van der Waals surface area contributed by atoms with Crippen molar-refractivity contribution in [3.8, 4) is 0 Å². The molecular formula is C14H32N2O4S. The Labute approximate surface area is 131 Å². The lowest BCUT2D eigenvalue weighted by atomic mass is 10.4. The molecule has 21 heavy (non-hydrogen) atoms. The van der Waals surface area contributed by atoms with Gasteiger partial charge in [-0.3, -0.25) is 8.42 Å². The zero-order valence-electron chi connectivity index (χ0n) is 14.3. The minimum absolute atomic E-state index is 1.05. The first kappa shape index (κ1) is 25.2. The molecule has 0 aliphatic heterocycles. The minimum Gasteiger partial charge on any atom is -0.759 e. The maximum Gasteiger partial charge on any atom is 0.0966 e. The van der Waals surface area contributed by atoms with Gasteiger partial charge in [-0.2, -0.15) is 0 Å². The van der Waals surface area contributed by atoms with Crippen LogP contribution in [0, 0.1) is 0 Å². The third-order valence-corrected chi connectivity index (χ3v) is 2.96. The summed E-state index contributed by atoms with van der Waals surface area (Å²) in [4.78, 5) is 0. The molecular weight excluding hydrogens is 292 g/mol. The molecule has 0 spiro atoms. The average molecular weight is 324 g/mol. The monoisotopic (exact) mass is 324 g/mol. The Morgan fingerprint density at radius 1 is 0.857 bits per heavy atom. The van der Waals surface area contributed by atoms with Gasteiger partial charge in [-0.25, -0.2) is 0 Å². The second-order valence-corrected chi connectivity index (χ2v) is 6.67. The Balaban J connectivity index is -0.000000239. The lowest BCUT2D eigenvalue weighted by molar-refractivity contribution is -0.882. The summed E-state index contributed by atoms with van der Waals surface area (Å²) < 4.78 is 36.2. The molecule has 0 aromatic rings. The quantitative estimate of drug-likeness (QED) is 0.318. The molecule has 6 nitrogen and oxygen atoms in total. The van der Waals surface area contributed by atoms with E-state index in [9.17, 15) is 0 Å². The van der Waals surface area contributed by atoms with Crippen LogP contribution in [0.2, 0.25) is 0 Å². The summed E-state index contributed by atoms with van der Waals surface area (Å²) in [6, 6.07) is 0. The minimum atomic E-state index is -5.17. The van der Waals surface area contributed by atoms with Crippen LogP contribution < -0.4 is 0 Å². The van der Waals surface area contributed by atoms with Crippen LogP contribution in [-0.2, 0) is 10.4 Å². The Bertz CT molecular complexity index is 346. The number of nitrogens with zero attached hydrogens (tertiary/aromatic N) is 2. The summed E-state index contributed by atoms with van der Waals surface area (Å²) in [7, 11) is 3.62. The fraction of sp³-hybridized carbons (Fsp3) is 0.714. The standard InChI is InChI=1S/2C7H16N.H2O4S/c2*1-5-7-8(3,4)6-2;1-5(2,3)4/h2*5H,1,6-7H2,2-4H3;(H2,1,2,3,4)/q2*+1;/p-2. The normalized spacial score (nSPS) is 11.4. The molecule has 0 aromatic carbocycles. The summed E-state index contributed by atoms with van der Waals surface area (Å²) in [5.74, 6) is 0. The van der Waals surface area contributed by atoms with E-state index < -0.39 is 10.4 Å². The predicted octanol–water partition coefficient (Wildman–Crippen LogP) is 1.20. The van der Waals surface area contributed by atoms with E-state index in [0.717, 1.165) is 22.1 Å². The van der Waals surface area contributed by atoms with Crippen molar-refractivity contribution in [3.05, 3.63) is 25.3 Å². The van der Waals surface area contributed by atoms with Gasteiger partial charge in [0.15, 0.2) is 0 Å². The Kier molecular flexibility index (Phi) is 14.3. The van der Waals surface area contributed by atoms with Gasteiger partial charge in [-0.05, 0) is 26.0 Å². The van der Waals surface area contributed by atoms with E-state index in [1.165, 1.54) is 13.1 Å². The van der Waals surface area contributed by atoms with Gasteiger partial charge in [0, 0.05) is 10.4 Å². The third kappa shape index (κ3) is 32.6. The molecule has 0 fully saturated rings. The predicted molar refractivity (Wildman–Crippen MR) is 85.9 cm³/mol. The highest BCUT2D eigenvalue weighted by molar-refractivity contribution is 7.79. The number of quaternary nitrogens is 2. The third-order valence-electron chi connectivity index (χ3n) is 2.96. The zero-order valence-corrected chi connectivity index (χ0v) is 15.1. The Hall–Kier alpha value is -0.730. The zero-order chi connectivity index (χ0) is 17.7. The lowest BCUT2D eigenvalue weighted by Gasteiger charge is -2.26. The molecule has 0 aliphatic rings. The summed E-state index contributed by atoms with van der Waals surface area (Å²) in [6.45, 7) is 16.2. The van der Waals surface area contributed by atoms with Gasteiger partial charge >= 0.3 is 0 Å². The molecule has 0 amide bonds. The number of likely N-dealkylation sites (N-methyl/N-ethyl adjacent to an activating group) is 2. The molecule has 0 aromatic heterocycles. The highest BCUT2D eigenvalue weighted by atomic mass is 32.3. The van der Waals surface area contributed by atoms with Crippen LogP contribution in [0.5, 0.6) is 0 Å². The van der Waals surface area contributed by atoms with Gasteiger partial charge in [0.05, 0.1) is 54.4 Å². The van der Waals surface area contributed by atoms with Crippen LogP contribution in [0.4, 0.5) is 0 Å². The maximum absolute atomic E-state index is 8.52. The van der Waals surface area contributed by atoms with Crippen LogP contribution in [0.1, 0.15) is 13.8 Å². The van der Waals surface area contributed by atoms with Gasteiger partial charge < -0.3 is 18.1 Å². The van der Waals surface area contributed by atoms with Crippen molar-refractivity contribution in [2.75, 3.05) is 54.4 Å². The SMILES string of the molecule is C=CC[N+](C)(C)CC.C=CC[N+](C)(C)CC.O=S(=O)([O-])[O-]. The number of hydrogen-bond acceptors (Lipinski definition) is 4. The van der Waals surface area contributed by atoms with Crippen molar-refractivity contribution in [1.82, 2.24) is 0 Å². The molecule has 0 bridgehead atoms. The van der Waals surface area contributed by atoms with Crippen molar-refractivity contribution in [2.24, 2.45) is 0 Å². The van der Waals surface area contributed by atoms with Crippen molar-refractivity contribution in [3.63, 3.8) is 0 Å². The van der Waals surface area contributed by atoms with Gasteiger partial charge in [-0.15, -0.1) is 0 Å². The summed E-state index contributed by atoms with van der Waals surface area (Å²) in [6.07, 6.45) is 3.92. The maximum atomic E-state index is 8.52. The molecule has 0 heterocycles. The molecule has 0 rings (SSSR count). The topological polar surface area (TPSA) is 80.3 Å². The first-order valence-electron chi connectivity index (χ1n) is 6.77. The second-order valence-electron chi connectivity index (χ2n) is 5.85. The Morgan fingerprint density at radius 2 is 1.05 bits per heavy atom. The van der Waals surface area contributed by atoms with E-state index in [4.69, 9.17) is 17.5 Å². The summed E-state index contributed by atoms with van der Waals surface area (Å²) in [5, 5.41) is 0. The first-order valence-corrected chi connectivity index (χ1v) is 8.10.